The van der Waals surface area contributed by atoms with E-state index in [0.717, 1.165) is 25.8 Å². The van der Waals surface area contributed by atoms with Crippen LogP contribution in [0, 0.1) is 0 Å². The molecule has 1 N–H and O–H groups in total. The van der Waals surface area contributed by atoms with Crippen molar-refractivity contribution >= 4 is 17.7 Å². The predicted octanol–water partition coefficient (Wildman–Crippen LogP) is -0.171. The molecule has 2 rings (SSSR count). The fourth-order valence-corrected chi connectivity index (χ4v) is 2.74. The van der Waals surface area contributed by atoms with Gasteiger partial charge in [0.15, 0.2) is 0 Å². The van der Waals surface area contributed by atoms with Gasteiger partial charge in [-0.15, -0.1) is 0 Å². The van der Waals surface area contributed by atoms with E-state index in [2.05, 4.69) is 5.32 Å². The molecule has 2 saturated heterocycles. The summed E-state index contributed by atoms with van der Waals surface area (Å²) < 4.78 is 0. The van der Waals surface area contributed by atoms with E-state index in [-0.39, 0.29) is 30.3 Å². The molecule has 0 radical (unpaired) electrons. The number of hydrogen-bond donors (Lipinski definition) is 1. The summed E-state index contributed by atoms with van der Waals surface area (Å²) in [6, 6.07) is -0.497. The maximum atomic E-state index is 12.5. The maximum Gasteiger partial charge on any atom is 0.336 e. The Morgan fingerprint density at radius 2 is 1.80 bits per heavy atom. The zero-order chi connectivity index (χ0) is 14.7. The average Bonchev–Trinajstić information content (AvgIpc) is 3.03. The van der Waals surface area contributed by atoms with E-state index >= 15 is 0 Å². The summed E-state index contributed by atoms with van der Waals surface area (Å²) in [5.74, 6) is -0.119. The highest BCUT2D eigenvalue weighted by Crippen LogP contribution is 2.20. The van der Waals surface area contributed by atoms with Crippen molar-refractivity contribution in [3.8, 4) is 0 Å². The molecule has 0 bridgehead atoms. The number of ketones is 1. The van der Waals surface area contributed by atoms with Crippen molar-refractivity contribution in [1.82, 2.24) is 20.2 Å². The van der Waals surface area contributed by atoms with Crippen LogP contribution >= 0.6 is 0 Å². The van der Waals surface area contributed by atoms with E-state index < -0.39 is 0 Å². The largest absolute Gasteiger partial charge is 0.336 e. The molecular formula is C13H22N4O3. The molecule has 3 amide bonds. The van der Waals surface area contributed by atoms with Crippen molar-refractivity contribution in [1.29, 1.82) is 0 Å². The number of carbonyl (C=O) groups excluding carboxylic acids is 3. The second-order valence-electron chi connectivity index (χ2n) is 5.44. The number of likely N-dealkylation sites (tertiary alicyclic amines) is 1. The Hall–Kier alpha value is -1.63. The molecule has 1 unspecified atom stereocenters. The number of urea groups is 1. The minimum absolute atomic E-state index is 0.000690. The summed E-state index contributed by atoms with van der Waals surface area (Å²) >= 11 is 0. The third-order valence-corrected chi connectivity index (χ3v) is 3.81. The van der Waals surface area contributed by atoms with Gasteiger partial charge >= 0.3 is 6.03 Å². The summed E-state index contributed by atoms with van der Waals surface area (Å²) in [6.07, 6.45) is 2.63. The van der Waals surface area contributed by atoms with Crippen LogP contribution in [0.5, 0.6) is 0 Å². The maximum absolute atomic E-state index is 12.5. The van der Waals surface area contributed by atoms with Crippen LogP contribution in [0.4, 0.5) is 4.79 Å². The molecule has 0 spiro atoms. The van der Waals surface area contributed by atoms with Gasteiger partial charge < -0.3 is 5.32 Å². The first-order chi connectivity index (χ1) is 9.50. The van der Waals surface area contributed by atoms with Gasteiger partial charge in [-0.05, 0) is 39.8 Å². The molecule has 2 aliphatic heterocycles. The van der Waals surface area contributed by atoms with Gasteiger partial charge in [0, 0.05) is 13.1 Å². The fraction of sp³-hybridized carbons (Fsp3) is 0.769. The molecule has 0 aromatic carbocycles. The summed E-state index contributed by atoms with van der Waals surface area (Å²) in [5, 5.41) is 5.50. The molecule has 2 heterocycles. The minimum Gasteiger partial charge on any atom is -0.329 e. The third kappa shape index (κ3) is 3.09. The lowest BCUT2D eigenvalue weighted by molar-refractivity contribution is -0.144. The quantitative estimate of drug-likeness (QED) is 0.780. The van der Waals surface area contributed by atoms with E-state index in [0.29, 0.717) is 13.1 Å². The highest BCUT2D eigenvalue weighted by molar-refractivity contribution is 5.87. The van der Waals surface area contributed by atoms with Crippen molar-refractivity contribution < 1.29 is 14.4 Å². The number of hydrogen-bond acceptors (Lipinski definition) is 4. The average molecular weight is 282 g/mol. The van der Waals surface area contributed by atoms with Crippen LogP contribution in [-0.2, 0) is 9.59 Å². The number of likely N-dealkylation sites (N-methyl/N-ethyl adjacent to an activating group) is 1. The minimum atomic E-state index is -0.369. The van der Waals surface area contributed by atoms with Crippen LogP contribution in [0.2, 0.25) is 0 Å². The number of carbonyl (C=O) groups is 3. The Morgan fingerprint density at radius 1 is 1.10 bits per heavy atom. The normalized spacial score (nSPS) is 23.2. The van der Waals surface area contributed by atoms with E-state index in [1.807, 2.05) is 11.9 Å². The number of Topliss-reactive ketones (excluding diaryl/α,β-unsaturated/α-hetero) is 1. The fourth-order valence-electron chi connectivity index (χ4n) is 2.74. The predicted molar refractivity (Wildman–Crippen MR) is 72.8 cm³/mol. The molecule has 2 fully saturated rings. The molecule has 0 aromatic rings. The Labute approximate surface area is 118 Å². The first-order valence-electron chi connectivity index (χ1n) is 7.07. The molecule has 112 valence electrons. The topological polar surface area (TPSA) is 73.0 Å². The first kappa shape index (κ1) is 14.8. The first-order valence-corrected chi connectivity index (χ1v) is 7.07. The van der Waals surface area contributed by atoms with Gasteiger partial charge in [-0.3, -0.25) is 14.5 Å². The molecule has 2 aliphatic rings. The standard InChI is InChI=1S/C13H22N4O3/c1-10(18)9-14-13(20)17-8-4-7-16(17)12(19)11-5-3-6-15(11)2/h11H,3-9H2,1-2H3,(H,14,20). The van der Waals surface area contributed by atoms with Crippen molar-refractivity contribution in [3.05, 3.63) is 0 Å². The van der Waals surface area contributed by atoms with Gasteiger partial charge in [0.2, 0.25) is 0 Å². The van der Waals surface area contributed by atoms with E-state index in [4.69, 9.17) is 0 Å². The number of nitrogens with one attached hydrogen (secondary N) is 1. The van der Waals surface area contributed by atoms with Gasteiger partial charge in [-0.25, -0.2) is 14.8 Å². The lowest BCUT2D eigenvalue weighted by Gasteiger charge is -2.31. The van der Waals surface area contributed by atoms with E-state index in [9.17, 15) is 14.4 Å². The number of rotatable bonds is 3. The van der Waals surface area contributed by atoms with Crippen LogP contribution in [0.15, 0.2) is 0 Å². The monoisotopic (exact) mass is 282 g/mol. The van der Waals surface area contributed by atoms with E-state index in [1.54, 1.807) is 0 Å². The Kier molecular flexibility index (Phi) is 4.59. The molecule has 7 heteroatoms. The molecule has 7 nitrogen and oxygen atoms in total. The van der Waals surface area contributed by atoms with Gasteiger partial charge in [0.1, 0.15) is 5.78 Å². The molecular weight excluding hydrogens is 260 g/mol. The Balaban J connectivity index is 1.97. The smallest absolute Gasteiger partial charge is 0.329 e. The lowest BCUT2D eigenvalue weighted by atomic mass is 10.2. The van der Waals surface area contributed by atoms with E-state index in [1.165, 1.54) is 16.9 Å². The van der Waals surface area contributed by atoms with Crippen LogP contribution in [0.3, 0.4) is 0 Å². The second kappa shape index (κ2) is 6.21. The summed E-state index contributed by atoms with van der Waals surface area (Å²) in [4.78, 5) is 37.5. The van der Waals surface area contributed by atoms with Gasteiger partial charge in [0.25, 0.3) is 5.91 Å². The molecule has 20 heavy (non-hydrogen) atoms. The zero-order valence-electron chi connectivity index (χ0n) is 12.1. The summed E-state index contributed by atoms with van der Waals surface area (Å²) in [6.45, 7) is 3.42. The number of nitrogens with zero attached hydrogens (tertiary/aromatic N) is 3. The lowest BCUT2D eigenvalue weighted by Crippen LogP contribution is -2.54. The SMILES string of the molecule is CC(=O)CNC(=O)N1CCCN1C(=O)C1CCCN1C. The summed E-state index contributed by atoms with van der Waals surface area (Å²) in [5.41, 5.74) is 0. The van der Waals surface area contributed by atoms with Gasteiger partial charge in [-0.1, -0.05) is 0 Å². The Morgan fingerprint density at radius 3 is 2.40 bits per heavy atom. The number of amides is 3. The van der Waals surface area contributed by atoms with Crippen LogP contribution in [0.1, 0.15) is 26.2 Å². The highest BCUT2D eigenvalue weighted by atomic mass is 16.2. The molecule has 1 atom stereocenters. The molecule has 0 aromatic heterocycles. The van der Waals surface area contributed by atoms with Gasteiger partial charge in [-0.2, -0.15) is 0 Å². The highest BCUT2D eigenvalue weighted by Gasteiger charge is 2.37. The molecule has 0 aliphatic carbocycles. The second-order valence-corrected chi connectivity index (χ2v) is 5.44. The number of hydrazine groups is 1. The van der Waals surface area contributed by atoms with Crippen molar-refractivity contribution in [2.75, 3.05) is 33.2 Å². The Bertz CT molecular complexity index is 412. The van der Waals surface area contributed by atoms with Gasteiger partial charge in [0.05, 0.1) is 12.6 Å². The zero-order valence-corrected chi connectivity index (χ0v) is 12.1. The van der Waals surface area contributed by atoms with Crippen molar-refractivity contribution in [2.45, 2.75) is 32.2 Å². The third-order valence-electron chi connectivity index (χ3n) is 3.81. The summed E-state index contributed by atoms with van der Waals surface area (Å²) in [7, 11) is 1.94. The van der Waals surface area contributed by atoms with Crippen molar-refractivity contribution in [3.63, 3.8) is 0 Å². The molecule has 0 saturated carbocycles. The van der Waals surface area contributed by atoms with Crippen molar-refractivity contribution in [2.24, 2.45) is 0 Å². The van der Waals surface area contributed by atoms with Crippen LogP contribution in [-0.4, -0.2) is 71.9 Å². The van der Waals surface area contributed by atoms with Crippen LogP contribution < -0.4 is 5.32 Å². The van der Waals surface area contributed by atoms with Crippen LogP contribution in [0.25, 0.3) is 0 Å².